The molecule has 0 aliphatic heterocycles. The average molecular weight is 236 g/mol. The first kappa shape index (κ1) is 13.1. The van der Waals surface area contributed by atoms with E-state index < -0.39 is 5.97 Å². The van der Waals surface area contributed by atoms with Gasteiger partial charge in [0.25, 0.3) is 0 Å². The van der Waals surface area contributed by atoms with Gasteiger partial charge in [0, 0.05) is 11.6 Å². The molecule has 17 heavy (non-hydrogen) atoms. The van der Waals surface area contributed by atoms with E-state index in [0.29, 0.717) is 11.5 Å². The van der Waals surface area contributed by atoms with Gasteiger partial charge in [-0.25, -0.2) is 4.79 Å². The summed E-state index contributed by atoms with van der Waals surface area (Å²) < 4.78 is 15.0. The Morgan fingerprint density at radius 3 is 2.41 bits per heavy atom. The molecule has 0 aliphatic carbocycles. The van der Waals surface area contributed by atoms with Gasteiger partial charge >= 0.3 is 5.97 Å². The highest BCUT2D eigenvalue weighted by molar-refractivity contribution is 5.91. The van der Waals surface area contributed by atoms with Crippen molar-refractivity contribution in [3.63, 3.8) is 0 Å². The molecule has 4 heteroatoms. The first-order valence-electron chi connectivity index (χ1n) is 5.11. The van der Waals surface area contributed by atoms with Gasteiger partial charge in [-0.05, 0) is 30.7 Å². The molecule has 0 amide bonds. The largest absolute Gasteiger partial charge is 0.497 e. The monoisotopic (exact) mass is 236 g/mol. The summed E-state index contributed by atoms with van der Waals surface area (Å²) in [5, 5.41) is 0. The molecule has 0 heterocycles. The topological polar surface area (TPSA) is 44.8 Å². The van der Waals surface area contributed by atoms with Crippen molar-refractivity contribution < 1.29 is 19.0 Å². The summed E-state index contributed by atoms with van der Waals surface area (Å²) in [6.45, 7) is 1.81. The van der Waals surface area contributed by atoms with Crippen LogP contribution in [0.3, 0.4) is 0 Å². The smallest absolute Gasteiger partial charge is 0.330 e. The molecule has 1 aromatic carbocycles. The minimum absolute atomic E-state index is 0.396. The van der Waals surface area contributed by atoms with Crippen molar-refractivity contribution in [1.82, 2.24) is 0 Å². The van der Waals surface area contributed by atoms with E-state index in [4.69, 9.17) is 9.47 Å². The third-order valence-corrected chi connectivity index (χ3v) is 2.37. The van der Waals surface area contributed by atoms with Crippen LogP contribution < -0.4 is 9.47 Å². The fraction of sp³-hybridized carbons (Fsp3) is 0.308. The van der Waals surface area contributed by atoms with Crippen LogP contribution >= 0.6 is 0 Å². The Morgan fingerprint density at radius 2 is 1.88 bits per heavy atom. The summed E-state index contributed by atoms with van der Waals surface area (Å²) in [6.07, 6.45) is 1.41. The van der Waals surface area contributed by atoms with Gasteiger partial charge in [-0.1, -0.05) is 0 Å². The second kappa shape index (κ2) is 5.94. The average Bonchev–Trinajstić information content (AvgIpc) is 2.37. The van der Waals surface area contributed by atoms with E-state index >= 15 is 0 Å². The standard InChI is InChI=1S/C13H16O4/c1-9(7-13(14)17-4)11-8-10(15-2)5-6-12(11)16-3/h5-8H,1-4H3/b9-7-. The van der Waals surface area contributed by atoms with Crippen LogP contribution in [0, 0.1) is 0 Å². The third-order valence-electron chi connectivity index (χ3n) is 2.37. The quantitative estimate of drug-likeness (QED) is 0.594. The lowest BCUT2D eigenvalue weighted by Crippen LogP contribution is -1.97. The molecule has 0 fully saturated rings. The molecule has 0 spiro atoms. The summed E-state index contributed by atoms with van der Waals surface area (Å²) in [5.74, 6) is 0.995. The van der Waals surface area contributed by atoms with E-state index in [9.17, 15) is 4.79 Å². The Hall–Kier alpha value is -1.97. The van der Waals surface area contributed by atoms with E-state index in [1.165, 1.54) is 13.2 Å². The number of methoxy groups -OCH3 is 3. The zero-order chi connectivity index (χ0) is 12.8. The van der Waals surface area contributed by atoms with Gasteiger partial charge < -0.3 is 14.2 Å². The molecule has 0 N–H and O–H groups in total. The summed E-state index contributed by atoms with van der Waals surface area (Å²) in [4.78, 5) is 11.2. The predicted molar refractivity (Wildman–Crippen MR) is 65.2 cm³/mol. The Balaban J connectivity index is 3.18. The van der Waals surface area contributed by atoms with Crippen molar-refractivity contribution in [2.24, 2.45) is 0 Å². The van der Waals surface area contributed by atoms with Gasteiger partial charge in [0.2, 0.25) is 0 Å². The van der Waals surface area contributed by atoms with Crippen LogP contribution in [0.2, 0.25) is 0 Å². The van der Waals surface area contributed by atoms with E-state index in [-0.39, 0.29) is 0 Å². The minimum Gasteiger partial charge on any atom is -0.497 e. The number of benzene rings is 1. The van der Waals surface area contributed by atoms with E-state index in [1.54, 1.807) is 26.4 Å². The third kappa shape index (κ3) is 3.24. The molecule has 0 bridgehead atoms. The molecule has 0 atom stereocenters. The van der Waals surface area contributed by atoms with E-state index in [1.807, 2.05) is 13.0 Å². The summed E-state index contributed by atoms with van der Waals surface area (Å²) in [6, 6.07) is 5.41. The highest BCUT2D eigenvalue weighted by Gasteiger charge is 2.08. The maximum Gasteiger partial charge on any atom is 0.330 e. The van der Waals surface area contributed by atoms with Gasteiger partial charge in [0.05, 0.1) is 21.3 Å². The Morgan fingerprint density at radius 1 is 1.18 bits per heavy atom. The molecule has 0 aliphatic rings. The first-order chi connectivity index (χ1) is 8.12. The molecule has 0 unspecified atom stereocenters. The van der Waals surface area contributed by atoms with Crippen LogP contribution in [-0.2, 0) is 9.53 Å². The SMILES string of the molecule is COC(=O)/C=C(/C)c1cc(OC)ccc1OC. The van der Waals surface area contributed by atoms with Crippen LogP contribution in [-0.4, -0.2) is 27.3 Å². The van der Waals surface area contributed by atoms with Gasteiger partial charge in [0.1, 0.15) is 11.5 Å². The van der Waals surface area contributed by atoms with Gasteiger partial charge in [0.15, 0.2) is 0 Å². The highest BCUT2D eigenvalue weighted by Crippen LogP contribution is 2.29. The maximum absolute atomic E-state index is 11.2. The van der Waals surface area contributed by atoms with Crippen LogP contribution in [0.5, 0.6) is 11.5 Å². The lowest BCUT2D eigenvalue weighted by atomic mass is 10.1. The Labute approximate surface area is 101 Å². The molecule has 1 aromatic rings. The van der Waals surface area contributed by atoms with Crippen LogP contribution in [0.15, 0.2) is 24.3 Å². The van der Waals surface area contributed by atoms with Crippen molar-refractivity contribution in [1.29, 1.82) is 0 Å². The second-order valence-electron chi connectivity index (χ2n) is 3.42. The summed E-state index contributed by atoms with van der Waals surface area (Å²) in [7, 11) is 4.51. The number of rotatable bonds is 4. The van der Waals surface area contributed by atoms with E-state index in [0.717, 1.165) is 11.1 Å². The number of hydrogen-bond donors (Lipinski definition) is 0. The van der Waals surface area contributed by atoms with Crippen molar-refractivity contribution in [3.8, 4) is 11.5 Å². The molecule has 0 saturated heterocycles. The Kier molecular flexibility index (Phi) is 4.57. The van der Waals surface area contributed by atoms with Crippen molar-refractivity contribution in [2.45, 2.75) is 6.92 Å². The lowest BCUT2D eigenvalue weighted by molar-refractivity contribution is -0.134. The van der Waals surface area contributed by atoms with Crippen LogP contribution in [0.1, 0.15) is 12.5 Å². The Bertz CT molecular complexity index is 435. The molecule has 0 radical (unpaired) electrons. The molecular formula is C13H16O4. The molecule has 4 nitrogen and oxygen atoms in total. The zero-order valence-corrected chi connectivity index (χ0v) is 10.4. The van der Waals surface area contributed by atoms with E-state index in [2.05, 4.69) is 4.74 Å². The summed E-state index contributed by atoms with van der Waals surface area (Å²) in [5.41, 5.74) is 1.56. The predicted octanol–water partition coefficient (Wildman–Crippen LogP) is 2.28. The van der Waals surface area contributed by atoms with Crippen LogP contribution in [0.4, 0.5) is 0 Å². The molecule has 1 rings (SSSR count). The number of carbonyl (C=O) groups is 1. The summed E-state index contributed by atoms with van der Waals surface area (Å²) >= 11 is 0. The van der Waals surface area contributed by atoms with Gasteiger partial charge in [-0.2, -0.15) is 0 Å². The normalized spacial score (nSPS) is 10.9. The lowest BCUT2D eigenvalue weighted by Gasteiger charge is -2.10. The highest BCUT2D eigenvalue weighted by atomic mass is 16.5. The molecular weight excluding hydrogens is 220 g/mol. The maximum atomic E-state index is 11.2. The van der Waals surface area contributed by atoms with Crippen molar-refractivity contribution >= 4 is 11.5 Å². The number of hydrogen-bond acceptors (Lipinski definition) is 4. The number of ether oxygens (including phenoxy) is 3. The minimum atomic E-state index is -0.396. The number of esters is 1. The van der Waals surface area contributed by atoms with Crippen molar-refractivity contribution in [3.05, 3.63) is 29.8 Å². The van der Waals surface area contributed by atoms with Crippen molar-refractivity contribution in [2.75, 3.05) is 21.3 Å². The molecule has 0 aromatic heterocycles. The van der Waals surface area contributed by atoms with Gasteiger partial charge in [-0.3, -0.25) is 0 Å². The number of allylic oxidation sites excluding steroid dienone is 1. The first-order valence-corrected chi connectivity index (χ1v) is 5.11. The fourth-order valence-corrected chi connectivity index (χ4v) is 1.44. The van der Waals surface area contributed by atoms with Gasteiger partial charge in [-0.15, -0.1) is 0 Å². The number of carbonyl (C=O) groups excluding carboxylic acids is 1. The van der Waals surface area contributed by atoms with Crippen LogP contribution in [0.25, 0.3) is 5.57 Å². The molecule has 92 valence electrons. The zero-order valence-electron chi connectivity index (χ0n) is 10.4. The fourth-order valence-electron chi connectivity index (χ4n) is 1.44. The molecule has 0 saturated carbocycles. The second-order valence-corrected chi connectivity index (χ2v) is 3.42.